The van der Waals surface area contributed by atoms with Gasteiger partial charge in [-0.3, -0.25) is 4.98 Å². The number of hydrogen-bond donors (Lipinski definition) is 1. The second-order valence-corrected chi connectivity index (χ2v) is 5.39. The molecule has 3 atom stereocenters. The van der Waals surface area contributed by atoms with E-state index in [4.69, 9.17) is 0 Å². The largest absolute Gasteiger partial charge is 0.381 e. The Bertz CT molecular complexity index is 612. The highest BCUT2D eigenvalue weighted by molar-refractivity contribution is 5.93. The van der Waals surface area contributed by atoms with Crippen LogP contribution in [-0.2, 0) is 0 Å². The summed E-state index contributed by atoms with van der Waals surface area (Å²) in [6, 6.07) is 9.11. The van der Waals surface area contributed by atoms with Crippen LogP contribution >= 0.6 is 0 Å². The molecule has 2 aliphatic rings. The molecule has 18 heavy (non-hydrogen) atoms. The van der Waals surface area contributed by atoms with Gasteiger partial charge in [0.2, 0.25) is 0 Å². The molecule has 3 unspecified atom stereocenters. The molecule has 1 heterocycles. The zero-order chi connectivity index (χ0) is 11.9. The van der Waals surface area contributed by atoms with Crippen molar-refractivity contribution in [1.82, 2.24) is 4.98 Å². The molecule has 0 aliphatic heterocycles. The van der Waals surface area contributed by atoms with Crippen molar-refractivity contribution >= 4 is 16.5 Å². The molecule has 4 rings (SSSR count). The Hall–Kier alpha value is -1.83. The Labute approximate surface area is 107 Å². The van der Waals surface area contributed by atoms with Crippen LogP contribution in [0.3, 0.4) is 0 Å². The van der Waals surface area contributed by atoms with Crippen LogP contribution in [0.25, 0.3) is 10.8 Å². The molecule has 0 radical (unpaired) electrons. The number of nitrogens with one attached hydrogen (secondary N) is 1. The maximum atomic E-state index is 4.18. The Balaban J connectivity index is 1.65. The van der Waals surface area contributed by atoms with Crippen LogP contribution in [-0.4, -0.2) is 11.0 Å². The van der Waals surface area contributed by atoms with Gasteiger partial charge in [0.15, 0.2) is 0 Å². The van der Waals surface area contributed by atoms with Crippen molar-refractivity contribution in [2.45, 2.75) is 18.9 Å². The minimum atomic E-state index is 0.618. The number of anilines is 1. The Kier molecular flexibility index (Phi) is 2.16. The molecular weight excluding hydrogens is 220 g/mol. The first-order chi connectivity index (χ1) is 8.92. The number of rotatable bonds is 2. The van der Waals surface area contributed by atoms with Crippen molar-refractivity contribution in [3.05, 3.63) is 48.8 Å². The van der Waals surface area contributed by atoms with Gasteiger partial charge in [-0.15, -0.1) is 0 Å². The summed E-state index contributed by atoms with van der Waals surface area (Å²) in [7, 11) is 0. The van der Waals surface area contributed by atoms with E-state index in [9.17, 15) is 0 Å². The maximum absolute atomic E-state index is 4.18. The molecule has 2 nitrogen and oxygen atoms in total. The second kappa shape index (κ2) is 3.84. The van der Waals surface area contributed by atoms with E-state index in [1.54, 1.807) is 0 Å². The van der Waals surface area contributed by atoms with Crippen LogP contribution in [0.15, 0.2) is 48.8 Å². The lowest BCUT2D eigenvalue weighted by Crippen LogP contribution is -2.43. The van der Waals surface area contributed by atoms with Gasteiger partial charge in [-0.2, -0.15) is 0 Å². The number of allylic oxidation sites excluding steroid dienone is 1. The first-order valence-electron chi connectivity index (χ1n) is 6.68. The van der Waals surface area contributed by atoms with Crippen LogP contribution in [0, 0.1) is 11.8 Å². The lowest BCUT2D eigenvalue weighted by Gasteiger charge is -2.41. The molecule has 2 heteroatoms. The van der Waals surface area contributed by atoms with Gasteiger partial charge < -0.3 is 5.32 Å². The summed E-state index contributed by atoms with van der Waals surface area (Å²) >= 11 is 0. The smallest absolute Gasteiger partial charge is 0.0423 e. The number of hydrogen-bond acceptors (Lipinski definition) is 2. The molecule has 1 aromatic heterocycles. The van der Waals surface area contributed by atoms with E-state index in [0.29, 0.717) is 6.04 Å². The van der Waals surface area contributed by atoms with E-state index in [1.807, 2.05) is 12.4 Å². The molecule has 2 aromatic rings. The SMILES string of the molecule is C1=CC2C(C1)CC2Nc1cccc2cnccc12. The normalized spacial score (nSPS) is 29.0. The Morgan fingerprint density at radius 1 is 1.22 bits per heavy atom. The van der Waals surface area contributed by atoms with Gasteiger partial charge in [0, 0.05) is 40.8 Å². The summed E-state index contributed by atoms with van der Waals surface area (Å²) in [6.45, 7) is 0. The maximum Gasteiger partial charge on any atom is 0.0423 e. The monoisotopic (exact) mass is 236 g/mol. The van der Waals surface area contributed by atoms with Gasteiger partial charge in [0.05, 0.1) is 0 Å². The second-order valence-electron chi connectivity index (χ2n) is 5.39. The van der Waals surface area contributed by atoms with Crippen LogP contribution < -0.4 is 5.32 Å². The third-order valence-corrected chi connectivity index (χ3v) is 4.38. The van der Waals surface area contributed by atoms with E-state index in [2.05, 4.69) is 46.7 Å². The topological polar surface area (TPSA) is 24.9 Å². The molecule has 0 spiro atoms. The van der Waals surface area contributed by atoms with E-state index < -0.39 is 0 Å². The minimum Gasteiger partial charge on any atom is -0.381 e. The number of benzene rings is 1. The van der Waals surface area contributed by atoms with Gasteiger partial charge in [-0.1, -0.05) is 24.3 Å². The van der Waals surface area contributed by atoms with Gasteiger partial charge in [0.25, 0.3) is 0 Å². The Morgan fingerprint density at radius 2 is 2.22 bits per heavy atom. The summed E-state index contributed by atoms with van der Waals surface area (Å²) in [6.07, 6.45) is 11.1. The van der Waals surface area contributed by atoms with Gasteiger partial charge in [-0.25, -0.2) is 0 Å². The first kappa shape index (κ1) is 10.1. The molecular formula is C16H16N2. The summed E-state index contributed by atoms with van der Waals surface area (Å²) < 4.78 is 0. The molecule has 1 aromatic carbocycles. The van der Waals surface area contributed by atoms with E-state index in [-0.39, 0.29) is 0 Å². The van der Waals surface area contributed by atoms with Crippen molar-refractivity contribution in [3.8, 4) is 0 Å². The highest BCUT2D eigenvalue weighted by Crippen LogP contribution is 2.44. The lowest BCUT2D eigenvalue weighted by molar-refractivity contribution is 0.218. The number of nitrogens with zero attached hydrogens (tertiary/aromatic N) is 1. The van der Waals surface area contributed by atoms with Crippen molar-refractivity contribution < 1.29 is 0 Å². The standard InChI is InChI=1S/C16H16N2/c1-3-11-9-16(13(11)5-1)18-15-6-2-4-12-10-17-8-7-14(12)15/h1-2,4-8,10-11,13,16,18H,3,9H2. The summed E-state index contributed by atoms with van der Waals surface area (Å²) in [5.74, 6) is 1.65. The summed E-state index contributed by atoms with van der Waals surface area (Å²) in [5.41, 5.74) is 1.25. The third kappa shape index (κ3) is 1.45. The van der Waals surface area contributed by atoms with Crippen LogP contribution in [0.5, 0.6) is 0 Å². The molecule has 90 valence electrons. The van der Waals surface area contributed by atoms with Crippen LogP contribution in [0.2, 0.25) is 0 Å². The van der Waals surface area contributed by atoms with Crippen molar-refractivity contribution in [3.63, 3.8) is 0 Å². The lowest BCUT2D eigenvalue weighted by atomic mass is 9.71. The summed E-state index contributed by atoms with van der Waals surface area (Å²) in [5, 5.41) is 6.20. The minimum absolute atomic E-state index is 0.618. The average Bonchev–Trinajstić information content (AvgIpc) is 2.77. The van der Waals surface area contributed by atoms with E-state index in [0.717, 1.165) is 11.8 Å². The Morgan fingerprint density at radius 3 is 3.17 bits per heavy atom. The van der Waals surface area contributed by atoms with Gasteiger partial charge in [0.1, 0.15) is 0 Å². The van der Waals surface area contributed by atoms with E-state index >= 15 is 0 Å². The van der Waals surface area contributed by atoms with Gasteiger partial charge >= 0.3 is 0 Å². The fourth-order valence-corrected chi connectivity index (χ4v) is 3.33. The average molecular weight is 236 g/mol. The van der Waals surface area contributed by atoms with Crippen LogP contribution in [0.1, 0.15) is 12.8 Å². The molecule has 2 aliphatic carbocycles. The highest BCUT2D eigenvalue weighted by Gasteiger charge is 2.40. The zero-order valence-corrected chi connectivity index (χ0v) is 10.2. The summed E-state index contributed by atoms with van der Waals surface area (Å²) in [4.78, 5) is 4.18. The fraction of sp³-hybridized carbons (Fsp3) is 0.312. The number of aromatic nitrogens is 1. The number of pyridine rings is 1. The molecule has 0 bridgehead atoms. The first-order valence-corrected chi connectivity index (χ1v) is 6.68. The molecule has 0 saturated heterocycles. The van der Waals surface area contributed by atoms with Crippen LogP contribution in [0.4, 0.5) is 5.69 Å². The number of fused-ring (bicyclic) bond motifs is 2. The van der Waals surface area contributed by atoms with Crippen molar-refractivity contribution in [2.75, 3.05) is 5.32 Å². The predicted octanol–water partition coefficient (Wildman–Crippen LogP) is 3.61. The quantitative estimate of drug-likeness (QED) is 0.806. The van der Waals surface area contributed by atoms with Crippen molar-refractivity contribution in [1.29, 1.82) is 0 Å². The molecule has 1 N–H and O–H groups in total. The fourth-order valence-electron chi connectivity index (χ4n) is 3.33. The highest BCUT2D eigenvalue weighted by atomic mass is 15.0. The molecule has 1 saturated carbocycles. The van der Waals surface area contributed by atoms with E-state index in [1.165, 1.54) is 29.3 Å². The predicted molar refractivity (Wildman–Crippen MR) is 74.5 cm³/mol. The van der Waals surface area contributed by atoms with Crippen molar-refractivity contribution in [2.24, 2.45) is 11.8 Å². The third-order valence-electron chi connectivity index (χ3n) is 4.38. The zero-order valence-electron chi connectivity index (χ0n) is 10.2. The molecule has 0 amide bonds. The molecule has 1 fully saturated rings. The van der Waals surface area contributed by atoms with Gasteiger partial charge in [-0.05, 0) is 30.9 Å².